The number of carboxylic acids is 2. The number of fused-ring (bicyclic) bond motifs is 3. The Hall–Kier alpha value is -12.4. The summed E-state index contributed by atoms with van der Waals surface area (Å²) < 4.78 is 209. The van der Waals surface area contributed by atoms with Gasteiger partial charge in [0.25, 0.3) is 30.1 Å². The zero-order valence-corrected chi connectivity index (χ0v) is 81.1. The van der Waals surface area contributed by atoms with Gasteiger partial charge in [-0.2, -0.15) is 0 Å². The Balaban J connectivity index is 0.000000224. The van der Waals surface area contributed by atoms with E-state index in [0.717, 1.165) is 28.6 Å². The van der Waals surface area contributed by atoms with Crippen LogP contribution in [0.5, 0.6) is 57.5 Å². The quantitative estimate of drug-likeness (QED) is 0.0326. The first kappa shape index (κ1) is 105. The van der Waals surface area contributed by atoms with E-state index in [9.17, 15) is 70.9 Å². The average molecular weight is 1960 g/mol. The van der Waals surface area contributed by atoms with Crippen molar-refractivity contribution in [2.45, 2.75) is 93.9 Å². The molecular weight excluding hydrogens is 1870 g/mol. The van der Waals surface area contributed by atoms with Crippen LogP contribution < -0.4 is 82.0 Å². The molecular formula is C85H87N9NaO30S7-. The van der Waals surface area contributed by atoms with Gasteiger partial charge < -0.3 is 81.9 Å². The molecule has 0 radical (unpaired) electrons. The van der Waals surface area contributed by atoms with Crippen LogP contribution in [-0.4, -0.2) is 206 Å². The van der Waals surface area contributed by atoms with Gasteiger partial charge in [0.15, 0.2) is 19.8 Å². The van der Waals surface area contributed by atoms with Crippen LogP contribution in [0, 0.1) is 41.5 Å². The molecule has 13 rings (SSSR count). The molecule has 0 amide bonds. The van der Waals surface area contributed by atoms with Crippen LogP contribution in [0.1, 0.15) is 50.5 Å². The Morgan fingerprint density at radius 2 is 0.636 bits per heavy atom. The number of aliphatic carboxylic acids is 2. The fourth-order valence-electron chi connectivity index (χ4n) is 12.5. The Labute approximate surface area is 789 Å². The number of carbonyl (C=O) groups is 4. The third kappa shape index (κ3) is 24.9. The number of carboxylic acid groups (broad SMARTS) is 2. The number of benzene rings is 7. The van der Waals surface area contributed by atoms with Crippen LogP contribution in [-0.2, 0) is 119 Å². The number of aromatic nitrogens is 9. The minimum Gasteiger partial charge on any atom is -0.768 e. The molecule has 7 aromatic carbocycles. The molecule has 4 unspecified atom stereocenters. The van der Waals surface area contributed by atoms with E-state index in [-0.39, 0.29) is 145 Å². The zero-order chi connectivity index (χ0) is 94.8. The van der Waals surface area contributed by atoms with Crippen molar-refractivity contribution < 1.29 is 168 Å². The summed E-state index contributed by atoms with van der Waals surface area (Å²) in [5.74, 6) is 0.314. The number of pyridine rings is 3. The summed E-state index contributed by atoms with van der Waals surface area (Å²) in [5.41, 5.74) is 7.53. The van der Waals surface area contributed by atoms with Gasteiger partial charge in [-0.05, 0) is 186 Å². The molecule has 0 aliphatic carbocycles. The van der Waals surface area contributed by atoms with Crippen molar-refractivity contribution >= 4 is 131 Å². The van der Waals surface area contributed by atoms with Gasteiger partial charge in [0.1, 0.15) is 64.1 Å². The van der Waals surface area contributed by atoms with Crippen LogP contribution in [0.4, 0.5) is 0 Å². The van der Waals surface area contributed by atoms with Crippen LogP contribution in [0.15, 0.2) is 205 Å². The van der Waals surface area contributed by atoms with Gasteiger partial charge in [-0.25, -0.2) is 66.5 Å². The van der Waals surface area contributed by atoms with Gasteiger partial charge in [0, 0.05) is 75.1 Å². The number of hydrogen-bond donors (Lipinski definition) is 1. The standard InChI is InChI=1S/C26H27N3O8S2.2C25H25N3O8S2.C9H10O5S.Na.H2O/c1-16-13-27-22(17(2)25(16)36-5)15-38(31)26-28-21-12-19(34-3)8-11-23(21)29(26)39(32,33)20-9-6-18(7-10-20)37-14-24(30)35-4;2*1-15-12-26-21(16(2)24(15)35-4)14-37(31)25-27-20-11-18(34-3)7-10-22(20)28(25)38(32,33)19-8-5-17(6-9-19)36-13-23(29)30;1-13-9(10)6-14-7-2-4-8(5-3-7)15(11)12;;/h6-13H,14-15H2,1-5H3;2*5-12H,13-14H2,1-4H3,(H,29,30);2-5H,6H2,1H3,(H,11,12);;1H2/q;;;;+1;/p-2. The maximum atomic E-state index is 13.9. The van der Waals surface area contributed by atoms with E-state index in [0.29, 0.717) is 79.5 Å². The number of nitrogens with zero attached hydrogens (tertiary/aromatic N) is 9. The molecule has 0 bridgehead atoms. The van der Waals surface area contributed by atoms with Crippen molar-refractivity contribution in [2.75, 3.05) is 83.3 Å². The minimum absolute atomic E-state index is 0. The molecule has 0 aliphatic heterocycles. The third-order valence-electron chi connectivity index (χ3n) is 19.0. The summed E-state index contributed by atoms with van der Waals surface area (Å²) in [5, 5.41) is 18.9. The van der Waals surface area contributed by atoms with E-state index in [1.54, 1.807) is 88.9 Å². The second kappa shape index (κ2) is 46.6. The van der Waals surface area contributed by atoms with E-state index in [4.69, 9.17) is 52.5 Å². The number of hydrogen-bond acceptors (Lipinski definition) is 34. The number of methoxy groups -OCH3 is 8. The third-order valence-corrected chi connectivity index (χ3v) is 28.8. The number of ether oxygens (including phenoxy) is 12. The number of esters is 2. The van der Waals surface area contributed by atoms with Crippen LogP contribution >= 0.6 is 0 Å². The van der Waals surface area contributed by atoms with E-state index in [1.165, 1.54) is 159 Å². The molecule has 132 heavy (non-hydrogen) atoms. The molecule has 0 fully saturated rings. The molecule has 6 aromatic heterocycles. The molecule has 696 valence electrons. The molecule has 47 heteroatoms. The smallest absolute Gasteiger partial charge is 0.768 e. The largest absolute Gasteiger partial charge is 1.00 e. The maximum Gasteiger partial charge on any atom is 1.00 e. The first-order chi connectivity index (χ1) is 61.8. The predicted octanol–water partition coefficient (Wildman–Crippen LogP) is 4.63. The van der Waals surface area contributed by atoms with E-state index < -0.39 is 111 Å². The summed E-state index contributed by atoms with van der Waals surface area (Å²) in [6, 6.07) is 35.7. The zero-order valence-electron chi connectivity index (χ0n) is 73.4. The first-order valence-corrected chi connectivity index (χ1v) is 47.4. The maximum absolute atomic E-state index is 13.9. The molecule has 6 heterocycles. The number of aryl methyl sites for hydroxylation is 3. The first-order valence-electron chi connectivity index (χ1n) is 38.0. The van der Waals surface area contributed by atoms with Gasteiger partial charge in [-0.15, -0.1) is 0 Å². The normalized spacial score (nSPS) is 12.1. The predicted molar refractivity (Wildman–Crippen MR) is 473 cm³/mol. The Bertz CT molecular complexity index is 6620. The van der Waals surface area contributed by atoms with Crippen LogP contribution in [0.3, 0.4) is 0 Å². The van der Waals surface area contributed by atoms with Gasteiger partial charge in [-0.1, -0.05) is 0 Å². The molecule has 0 spiro atoms. The molecule has 39 nitrogen and oxygen atoms in total. The Morgan fingerprint density at radius 3 is 0.879 bits per heavy atom. The van der Waals surface area contributed by atoms with Gasteiger partial charge >= 0.3 is 47.5 Å². The van der Waals surface area contributed by atoms with Crippen LogP contribution in [0.2, 0.25) is 0 Å². The molecule has 3 N–H and O–H groups in total. The van der Waals surface area contributed by atoms with Crippen molar-refractivity contribution in [2.24, 2.45) is 0 Å². The summed E-state index contributed by atoms with van der Waals surface area (Å²) in [6.07, 6.45) is 4.83. The fourth-order valence-corrected chi connectivity index (χ4v) is 22.0. The summed E-state index contributed by atoms with van der Waals surface area (Å²) >= 11 is -2.25. The van der Waals surface area contributed by atoms with E-state index >= 15 is 0 Å². The van der Waals surface area contributed by atoms with Gasteiger partial charge in [0.2, 0.25) is 15.5 Å². The fraction of sp³-hybridized carbons (Fsp3) is 0.247. The molecule has 0 saturated carbocycles. The van der Waals surface area contributed by atoms with Gasteiger partial charge in [0.05, 0.1) is 177 Å². The molecule has 4 atom stereocenters. The second-order valence-corrected chi connectivity index (χ2v) is 37.7. The second-order valence-electron chi connectivity index (χ2n) is 27.4. The Kier molecular flexibility index (Phi) is 37.1. The van der Waals surface area contributed by atoms with E-state index in [1.807, 2.05) is 20.8 Å². The topological polar surface area (TPSA) is 540 Å². The van der Waals surface area contributed by atoms with E-state index in [2.05, 4.69) is 39.4 Å². The van der Waals surface area contributed by atoms with Crippen molar-refractivity contribution in [3.63, 3.8) is 0 Å². The van der Waals surface area contributed by atoms with Crippen molar-refractivity contribution in [3.8, 4) is 57.5 Å². The molecule has 13 aromatic rings. The van der Waals surface area contributed by atoms with Crippen molar-refractivity contribution in [1.29, 1.82) is 0 Å². The number of rotatable bonds is 34. The Morgan fingerprint density at radius 1 is 0.379 bits per heavy atom. The summed E-state index contributed by atoms with van der Waals surface area (Å²) in [6.45, 7) is 9.16. The molecule has 0 aliphatic rings. The monoisotopic (exact) mass is 1960 g/mol. The van der Waals surface area contributed by atoms with Crippen LogP contribution in [0.25, 0.3) is 33.1 Å². The summed E-state index contributed by atoms with van der Waals surface area (Å²) in [4.78, 5) is 69.7. The van der Waals surface area contributed by atoms with Gasteiger partial charge in [-0.3, -0.25) is 31.8 Å². The average Bonchev–Trinajstić information content (AvgIpc) is 1.60. The van der Waals surface area contributed by atoms with Crippen molar-refractivity contribution in [1.82, 2.24) is 41.8 Å². The SMILES string of the molecule is COC(=O)COc1ccc(S(=O)(=O)n2c(S(=O)Cc3ncc(C)c(OC)c3C)nc3cc(OC)ccc32)cc1.COC(=O)COc1ccc(S(=O)[O-])cc1.COc1ccc2c(c1)nc(S(=O)Cc1ncc(C)c(OC)c1C)n2S(=O)(=O)c1ccc(OCC(=O)O)cc1.COc1ccc2c(c1)nc(S(=O)Cc1ncc(C)c(OC)c1C)n2S(=O)(=O)c1ccc(OCC(=O)[O-])cc1.O.[Na+]. The minimum atomic E-state index is -4.30. The molecule has 0 saturated heterocycles. The van der Waals surface area contributed by atoms with Crippen molar-refractivity contribution in [3.05, 3.63) is 221 Å². The number of carbonyl (C=O) groups excluding carboxylic acids is 3. The summed E-state index contributed by atoms with van der Waals surface area (Å²) in [7, 11) is -7.08. The number of imidazole rings is 3.